The molecular formula is C13H17ClN2O3S. The van der Waals surface area contributed by atoms with Crippen molar-refractivity contribution in [2.24, 2.45) is 0 Å². The van der Waals surface area contributed by atoms with E-state index in [4.69, 9.17) is 11.6 Å². The number of sulfonamides is 1. The Bertz CT molecular complexity index is 616. The summed E-state index contributed by atoms with van der Waals surface area (Å²) in [4.78, 5) is 13.1. The van der Waals surface area contributed by atoms with E-state index < -0.39 is 10.0 Å². The molecule has 1 aromatic rings. The number of halogens is 1. The second-order valence-corrected chi connectivity index (χ2v) is 6.95. The van der Waals surface area contributed by atoms with Crippen molar-refractivity contribution in [1.82, 2.24) is 0 Å². The summed E-state index contributed by atoms with van der Waals surface area (Å²) in [5, 5.41) is 0. The summed E-state index contributed by atoms with van der Waals surface area (Å²) < 4.78 is 26.1. The van der Waals surface area contributed by atoms with Crippen LogP contribution in [-0.2, 0) is 21.2 Å². The van der Waals surface area contributed by atoms with Crippen molar-refractivity contribution >= 4 is 38.9 Å². The van der Waals surface area contributed by atoms with Crippen LogP contribution >= 0.6 is 11.6 Å². The zero-order valence-corrected chi connectivity index (χ0v) is 12.8. The van der Waals surface area contributed by atoms with Gasteiger partial charge in [0.25, 0.3) is 0 Å². The molecule has 1 aliphatic heterocycles. The van der Waals surface area contributed by atoms with E-state index in [0.717, 1.165) is 17.7 Å². The van der Waals surface area contributed by atoms with E-state index in [1.165, 1.54) is 6.92 Å². The van der Waals surface area contributed by atoms with Crippen LogP contribution in [0.2, 0.25) is 0 Å². The first-order valence-electron chi connectivity index (χ1n) is 6.40. The number of amides is 1. The minimum absolute atomic E-state index is 0.000747. The summed E-state index contributed by atoms with van der Waals surface area (Å²) in [7, 11) is -3.36. The Kier molecular flexibility index (Phi) is 4.55. The van der Waals surface area contributed by atoms with Crippen molar-refractivity contribution in [1.29, 1.82) is 0 Å². The molecule has 1 aliphatic rings. The number of rotatable bonds is 5. The standard InChI is InChI=1S/C13H17ClN2O3S/c1-10(17)16-7-5-11-9-12(3-4-13(11)16)15-20(18,19)8-2-6-14/h3-4,9,15H,2,5-8H2,1H3. The number of benzene rings is 1. The molecule has 0 spiro atoms. The van der Waals surface area contributed by atoms with Crippen molar-refractivity contribution in [3.63, 3.8) is 0 Å². The zero-order valence-electron chi connectivity index (χ0n) is 11.2. The van der Waals surface area contributed by atoms with Crippen LogP contribution < -0.4 is 9.62 Å². The van der Waals surface area contributed by atoms with Crippen molar-refractivity contribution in [2.75, 3.05) is 27.8 Å². The highest BCUT2D eigenvalue weighted by atomic mass is 35.5. The highest BCUT2D eigenvalue weighted by Gasteiger charge is 2.22. The number of alkyl halides is 1. The van der Waals surface area contributed by atoms with E-state index in [1.54, 1.807) is 23.1 Å². The predicted molar refractivity (Wildman–Crippen MR) is 80.9 cm³/mol. The number of carbonyl (C=O) groups is 1. The lowest BCUT2D eigenvalue weighted by Gasteiger charge is -2.15. The van der Waals surface area contributed by atoms with Gasteiger partial charge in [-0.2, -0.15) is 0 Å². The molecule has 5 nitrogen and oxygen atoms in total. The maximum atomic E-state index is 11.8. The van der Waals surface area contributed by atoms with Crippen LogP contribution in [0.1, 0.15) is 18.9 Å². The first-order valence-corrected chi connectivity index (χ1v) is 8.59. The minimum Gasteiger partial charge on any atom is -0.312 e. The van der Waals surface area contributed by atoms with Crippen LogP contribution in [0.15, 0.2) is 18.2 Å². The molecule has 0 aliphatic carbocycles. The molecule has 110 valence electrons. The van der Waals surface area contributed by atoms with Gasteiger partial charge in [0, 0.05) is 30.7 Å². The largest absolute Gasteiger partial charge is 0.312 e. The molecule has 1 aromatic carbocycles. The molecule has 1 heterocycles. The van der Waals surface area contributed by atoms with Crippen LogP contribution in [0.25, 0.3) is 0 Å². The summed E-state index contributed by atoms with van der Waals surface area (Å²) in [6, 6.07) is 5.25. The van der Waals surface area contributed by atoms with Gasteiger partial charge >= 0.3 is 0 Å². The average Bonchev–Trinajstić information content (AvgIpc) is 2.79. The lowest BCUT2D eigenvalue weighted by molar-refractivity contribution is -0.116. The second kappa shape index (κ2) is 6.01. The Hall–Kier alpha value is -1.27. The van der Waals surface area contributed by atoms with Gasteiger partial charge in [0.15, 0.2) is 0 Å². The normalized spacial score (nSPS) is 14.2. The molecular weight excluding hydrogens is 300 g/mol. The van der Waals surface area contributed by atoms with E-state index in [-0.39, 0.29) is 11.7 Å². The van der Waals surface area contributed by atoms with Gasteiger partial charge in [-0.15, -0.1) is 11.6 Å². The van der Waals surface area contributed by atoms with Gasteiger partial charge in [0.2, 0.25) is 15.9 Å². The predicted octanol–water partition coefficient (Wildman–Crippen LogP) is 1.97. The second-order valence-electron chi connectivity index (χ2n) is 4.73. The summed E-state index contributed by atoms with van der Waals surface area (Å²) in [6.07, 6.45) is 1.16. The number of hydrogen-bond donors (Lipinski definition) is 1. The molecule has 7 heteroatoms. The molecule has 0 saturated carbocycles. The van der Waals surface area contributed by atoms with Gasteiger partial charge in [0.1, 0.15) is 0 Å². The van der Waals surface area contributed by atoms with E-state index in [0.29, 0.717) is 24.5 Å². The summed E-state index contributed by atoms with van der Waals surface area (Å²) >= 11 is 5.50. The number of nitrogens with zero attached hydrogens (tertiary/aromatic N) is 1. The molecule has 0 radical (unpaired) electrons. The van der Waals surface area contributed by atoms with Crippen molar-refractivity contribution in [2.45, 2.75) is 19.8 Å². The Balaban J connectivity index is 2.15. The highest BCUT2D eigenvalue weighted by molar-refractivity contribution is 7.92. The fourth-order valence-electron chi connectivity index (χ4n) is 2.27. The lowest BCUT2D eigenvalue weighted by atomic mass is 10.1. The maximum Gasteiger partial charge on any atom is 0.232 e. The zero-order chi connectivity index (χ0) is 14.8. The quantitative estimate of drug-likeness (QED) is 0.845. The van der Waals surface area contributed by atoms with Crippen LogP contribution in [0.4, 0.5) is 11.4 Å². The average molecular weight is 317 g/mol. The molecule has 0 aromatic heterocycles. The topological polar surface area (TPSA) is 66.5 Å². The fourth-order valence-corrected chi connectivity index (χ4v) is 3.67. The van der Waals surface area contributed by atoms with Crippen molar-refractivity contribution < 1.29 is 13.2 Å². The molecule has 0 fully saturated rings. The van der Waals surface area contributed by atoms with Gasteiger partial charge in [-0.3, -0.25) is 9.52 Å². The van der Waals surface area contributed by atoms with Crippen LogP contribution in [0, 0.1) is 0 Å². The maximum absolute atomic E-state index is 11.8. The van der Waals surface area contributed by atoms with Crippen molar-refractivity contribution in [3.05, 3.63) is 23.8 Å². The smallest absolute Gasteiger partial charge is 0.232 e. The van der Waals surface area contributed by atoms with Crippen LogP contribution in [0.3, 0.4) is 0 Å². The number of nitrogens with one attached hydrogen (secondary N) is 1. The first-order chi connectivity index (χ1) is 9.43. The summed E-state index contributed by atoms with van der Waals surface area (Å²) in [6.45, 7) is 2.17. The Labute approximate surface area is 124 Å². The Morgan fingerprint density at radius 3 is 2.85 bits per heavy atom. The molecule has 0 atom stereocenters. The molecule has 2 rings (SSSR count). The van der Waals surface area contributed by atoms with Crippen LogP contribution in [-0.4, -0.2) is 32.5 Å². The number of anilines is 2. The van der Waals surface area contributed by atoms with Crippen LogP contribution in [0.5, 0.6) is 0 Å². The van der Waals surface area contributed by atoms with Gasteiger partial charge in [-0.05, 0) is 36.6 Å². The van der Waals surface area contributed by atoms with Gasteiger partial charge in [-0.25, -0.2) is 8.42 Å². The van der Waals surface area contributed by atoms with Crippen molar-refractivity contribution in [3.8, 4) is 0 Å². The fraction of sp³-hybridized carbons (Fsp3) is 0.462. The first kappa shape index (κ1) is 15.1. The molecule has 1 N–H and O–H groups in total. The Morgan fingerprint density at radius 2 is 2.20 bits per heavy atom. The lowest BCUT2D eigenvalue weighted by Crippen LogP contribution is -2.25. The summed E-state index contributed by atoms with van der Waals surface area (Å²) in [5.74, 6) is 0.324. The molecule has 1 amide bonds. The summed E-state index contributed by atoms with van der Waals surface area (Å²) in [5.41, 5.74) is 2.38. The third-order valence-corrected chi connectivity index (χ3v) is 4.82. The SMILES string of the molecule is CC(=O)N1CCc2cc(NS(=O)(=O)CCCCl)ccc21. The monoisotopic (exact) mass is 316 g/mol. The third kappa shape index (κ3) is 3.43. The number of hydrogen-bond acceptors (Lipinski definition) is 3. The van der Waals surface area contributed by atoms with E-state index in [9.17, 15) is 13.2 Å². The highest BCUT2D eigenvalue weighted by Crippen LogP contribution is 2.30. The van der Waals surface area contributed by atoms with E-state index >= 15 is 0 Å². The van der Waals surface area contributed by atoms with Gasteiger partial charge in [0.05, 0.1) is 5.75 Å². The number of carbonyl (C=O) groups excluding carboxylic acids is 1. The molecule has 0 bridgehead atoms. The van der Waals surface area contributed by atoms with E-state index in [2.05, 4.69) is 4.72 Å². The van der Waals surface area contributed by atoms with E-state index in [1.807, 2.05) is 0 Å². The molecule has 0 unspecified atom stereocenters. The Morgan fingerprint density at radius 1 is 1.45 bits per heavy atom. The number of fused-ring (bicyclic) bond motifs is 1. The van der Waals surface area contributed by atoms with Gasteiger partial charge < -0.3 is 4.90 Å². The molecule has 0 saturated heterocycles. The molecule has 20 heavy (non-hydrogen) atoms. The third-order valence-electron chi connectivity index (χ3n) is 3.18. The van der Waals surface area contributed by atoms with Gasteiger partial charge in [-0.1, -0.05) is 0 Å². The minimum atomic E-state index is -3.36.